The van der Waals surface area contributed by atoms with E-state index in [2.05, 4.69) is 18.8 Å². The number of hydrogen-bond acceptors (Lipinski definition) is 2. The molecule has 0 aliphatic carbocycles. The Morgan fingerprint density at radius 1 is 1.24 bits per heavy atom. The van der Waals surface area contributed by atoms with E-state index in [1.54, 1.807) is 12.5 Å². The average Bonchev–Trinajstić information content (AvgIpc) is 2.77. The van der Waals surface area contributed by atoms with Crippen LogP contribution in [-0.4, -0.2) is 14.7 Å². The first-order chi connectivity index (χ1) is 8.11. The molecule has 2 aromatic rings. The molecule has 1 heterocycles. The third kappa shape index (κ3) is 2.24. The molecule has 0 saturated heterocycles. The van der Waals surface area contributed by atoms with Gasteiger partial charge in [-0.1, -0.05) is 24.3 Å². The predicted molar refractivity (Wildman–Crippen MR) is 67.9 cm³/mol. The first kappa shape index (κ1) is 11.9. The van der Waals surface area contributed by atoms with Crippen molar-refractivity contribution in [3.8, 4) is 0 Å². The smallest absolute Gasteiger partial charge is 0.121 e. The Morgan fingerprint density at radius 3 is 2.59 bits per heavy atom. The summed E-state index contributed by atoms with van der Waals surface area (Å²) in [6, 6.07) is 8.19. The molecule has 0 radical (unpaired) electrons. The molecular formula is C14H18N2O. The maximum absolute atomic E-state index is 10.4. The summed E-state index contributed by atoms with van der Waals surface area (Å²) < 4.78 is 2.00. The number of benzene rings is 1. The molecular weight excluding hydrogens is 212 g/mol. The number of rotatable bonds is 3. The minimum Gasteiger partial charge on any atom is -0.382 e. The van der Waals surface area contributed by atoms with Gasteiger partial charge in [0.1, 0.15) is 6.10 Å². The number of imidazole rings is 1. The normalized spacial score (nSPS) is 13.0. The molecule has 0 bridgehead atoms. The van der Waals surface area contributed by atoms with Crippen LogP contribution in [0.2, 0.25) is 0 Å². The Labute approximate surface area is 102 Å². The van der Waals surface area contributed by atoms with Gasteiger partial charge in [0.25, 0.3) is 0 Å². The number of aryl methyl sites for hydroxylation is 1. The van der Waals surface area contributed by atoms with Crippen molar-refractivity contribution in [1.29, 1.82) is 0 Å². The number of aromatic nitrogens is 2. The zero-order valence-corrected chi connectivity index (χ0v) is 10.5. The van der Waals surface area contributed by atoms with Crippen molar-refractivity contribution in [2.24, 2.45) is 0 Å². The highest BCUT2D eigenvalue weighted by Gasteiger charge is 2.17. The SMILES string of the molecule is Cc1ccccc1C(O)c1cncn1C(C)C. The quantitative estimate of drug-likeness (QED) is 0.880. The van der Waals surface area contributed by atoms with Gasteiger partial charge in [-0.15, -0.1) is 0 Å². The molecule has 1 N–H and O–H groups in total. The topological polar surface area (TPSA) is 38.1 Å². The number of nitrogens with zero attached hydrogens (tertiary/aromatic N) is 2. The van der Waals surface area contributed by atoms with Crippen LogP contribution < -0.4 is 0 Å². The molecule has 90 valence electrons. The van der Waals surface area contributed by atoms with Gasteiger partial charge in [-0.2, -0.15) is 0 Å². The highest BCUT2D eigenvalue weighted by Crippen LogP contribution is 2.25. The van der Waals surface area contributed by atoms with Crippen molar-refractivity contribution in [2.75, 3.05) is 0 Å². The summed E-state index contributed by atoms with van der Waals surface area (Å²) in [5.74, 6) is 0. The Morgan fingerprint density at radius 2 is 1.94 bits per heavy atom. The fourth-order valence-electron chi connectivity index (χ4n) is 2.01. The Hall–Kier alpha value is -1.61. The Bertz CT molecular complexity index is 502. The van der Waals surface area contributed by atoms with Gasteiger partial charge < -0.3 is 9.67 Å². The van der Waals surface area contributed by atoms with E-state index >= 15 is 0 Å². The van der Waals surface area contributed by atoms with Crippen molar-refractivity contribution < 1.29 is 5.11 Å². The van der Waals surface area contributed by atoms with E-state index in [1.165, 1.54) is 0 Å². The van der Waals surface area contributed by atoms with Crippen molar-refractivity contribution in [2.45, 2.75) is 32.9 Å². The van der Waals surface area contributed by atoms with Crippen LogP contribution in [0.25, 0.3) is 0 Å². The van der Waals surface area contributed by atoms with Crippen molar-refractivity contribution in [1.82, 2.24) is 9.55 Å². The van der Waals surface area contributed by atoms with Gasteiger partial charge in [0.15, 0.2) is 0 Å². The summed E-state index contributed by atoms with van der Waals surface area (Å²) in [6.45, 7) is 6.17. The molecule has 1 aromatic carbocycles. The molecule has 0 spiro atoms. The van der Waals surface area contributed by atoms with Gasteiger partial charge in [0.2, 0.25) is 0 Å². The van der Waals surface area contributed by atoms with E-state index in [0.29, 0.717) is 6.04 Å². The van der Waals surface area contributed by atoms with Crippen molar-refractivity contribution >= 4 is 0 Å². The second kappa shape index (κ2) is 4.72. The zero-order chi connectivity index (χ0) is 12.4. The van der Waals surface area contributed by atoms with Crippen LogP contribution in [-0.2, 0) is 0 Å². The molecule has 3 nitrogen and oxygen atoms in total. The summed E-state index contributed by atoms with van der Waals surface area (Å²) in [7, 11) is 0. The lowest BCUT2D eigenvalue weighted by atomic mass is 10.0. The number of hydrogen-bond donors (Lipinski definition) is 1. The molecule has 0 aliphatic heterocycles. The van der Waals surface area contributed by atoms with Crippen LogP contribution in [0.4, 0.5) is 0 Å². The Balaban J connectivity index is 2.41. The molecule has 0 amide bonds. The van der Waals surface area contributed by atoms with Gasteiger partial charge in [-0.25, -0.2) is 4.98 Å². The standard InChI is InChI=1S/C14H18N2O/c1-10(2)16-9-15-8-13(16)14(17)12-7-5-4-6-11(12)3/h4-10,14,17H,1-3H3. The lowest BCUT2D eigenvalue weighted by Crippen LogP contribution is -2.10. The average molecular weight is 230 g/mol. The van der Waals surface area contributed by atoms with Crippen LogP contribution >= 0.6 is 0 Å². The highest BCUT2D eigenvalue weighted by molar-refractivity contribution is 5.32. The second-order valence-electron chi connectivity index (χ2n) is 4.58. The highest BCUT2D eigenvalue weighted by atomic mass is 16.3. The first-order valence-electron chi connectivity index (χ1n) is 5.86. The van der Waals surface area contributed by atoms with E-state index in [4.69, 9.17) is 0 Å². The van der Waals surface area contributed by atoms with E-state index in [1.807, 2.05) is 35.8 Å². The lowest BCUT2D eigenvalue weighted by molar-refractivity contribution is 0.207. The molecule has 0 aliphatic rings. The predicted octanol–water partition coefficient (Wildman–Crippen LogP) is 2.85. The third-order valence-corrected chi connectivity index (χ3v) is 3.02. The summed E-state index contributed by atoms with van der Waals surface area (Å²) in [6.07, 6.45) is 2.89. The first-order valence-corrected chi connectivity index (χ1v) is 5.86. The summed E-state index contributed by atoms with van der Waals surface area (Å²) >= 11 is 0. The van der Waals surface area contributed by atoms with Crippen LogP contribution in [0.3, 0.4) is 0 Å². The van der Waals surface area contributed by atoms with Crippen LogP contribution in [0, 0.1) is 6.92 Å². The van der Waals surface area contributed by atoms with Gasteiger partial charge >= 0.3 is 0 Å². The molecule has 3 heteroatoms. The van der Waals surface area contributed by atoms with Crippen molar-refractivity contribution in [3.05, 3.63) is 53.6 Å². The molecule has 2 rings (SSSR count). The molecule has 1 unspecified atom stereocenters. The van der Waals surface area contributed by atoms with Gasteiger partial charge in [-0.3, -0.25) is 0 Å². The minimum atomic E-state index is -0.610. The fraction of sp³-hybridized carbons (Fsp3) is 0.357. The lowest BCUT2D eigenvalue weighted by Gasteiger charge is -2.18. The van der Waals surface area contributed by atoms with Gasteiger partial charge in [0, 0.05) is 6.04 Å². The van der Waals surface area contributed by atoms with Crippen LogP contribution in [0.1, 0.15) is 42.8 Å². The van der Waals surface area contributed by atoms with E-state index in [-0.39, 0.29) is 0 Å². The molecule has 1 atom stereocenters. The number of aliphatic hydroxyl groups excluding tert-OH is 1. The van der Waals surface area contributed by atoms with Gasteiger partial charge in [-0.05, 0) is 31.9 Å². The van der Waals surface area contributed by atoms with Gasteiger partial charge in [0.05, 0.1) is 18.2 Å². The molecule has 1 aromatic heterocycles. The van der Waals surface area contributed by atoms with E-state index in [0.717, 1.165) is 16.8 Å². The van der Waals surface area contributed by atoms with Crippen molar-refractivity contribution in [3.63, 3.8) is 0 Å². The Kier molecular flexibility index (Phi) is 3.29. The second-order valence-corrected chi connectivity index (χ2v) is 4.58. The minimum absolute atomic E-state index is 0.297. The van der Waals surface area contributed by atoms with E-state index < -0.39 is 6.10 Å². The monoisotopic (exact) mass is 230 g/mol. The summed E-state index contributed by atoms with van der Waals surface area (Å²) in [5.41, 5.74) is 2.88. The molecule has 17 heavy (non-hydrogen) atoms. The molecule has 0 saturated carbocycles. The van der Waals surface area contributed by atoms with Crippen LogP contribution in [0.5, 0.6) is 0 Å². The summed E-state index contributed by atoms with van der Waals surface area (Å²) in [4.78, 5) is 4.12. The third-order valence-electron chi connectivity index (χ3n) is 3.02. The summed E-state index contributed by atoms with van der Waals surface area (Å²) in [5, 5.41) is 10.4. The number of aliphatic hydroxyl groups is 1. The largest absolute Gasteiger partial charge is 0.382 e. The molecule has 0 fully saturated rings. The maximum atomic E-state index is 10.4. The maximum Gasteiger partial charge on any atom is 0.121 e. The van der Waals surface area contributed by atoms with Crippen LogP contribution in [0.15, 0.2) is 36.8 Å². The van der Waals surface area contributed by atoms with E-state index in [9.17, 15) is 5.11 Å². The zero-order valence-electron chi connectivity index (χ0n) is 10.5. The fourth-order valence-corrected chi connectivity index (χ4v) is 2.01.